The Kier molecular flexibility index (Phi) is 2.37. The Bertz CT molecular complexity index is 129. The van der Waals surface area contributed by atoms with E-state index in [1.165, 1.54) is 0 Å². The van der Waals surface area contributed by atoms with E-state index in [9.17, 15) is 17.6 Å². The van der Waals surface area contributed by atoms with Crippen LogP contribution in [0.3, 0.4) is 0 Å². The molecule has 1 atom stereocenters. The van der Waals surface area contributed by atoms with Gasteiger partial charge in [-0.2, -0.15) is 13.2 Å². The maximum Gasteiger partial charge on any atom is 0.406 e. The van der Waals surface area contributed by atoms with Crippen molar-refractivity contribution < 1.29 is 17.6 Å². The molecule has 0 spiro atoms. The Morgan fingerprint density at radius 3 is 2.18 bits per heavy atom. The summed E-state index contributed by atoms with van der Waals surface area (Å²) in [4.78, 5) is 0. The highest BCUT2D eigenvalue weighted by molar-refractivity contribution is 4.87. The molecule has 0 aliphatic heterocycles. The lowest BCUT2D eigenvalue weighted by Crippen LogP contribution is -2.44. The molecule has 0 aromatic carbocycles. The van der Waals surface area contributed by atoms with E-state index in [-0.39, 0.29) is 6.04 Å². The molecule has 1 N–H and O–H groups in total. The summed E-state index contributed by atoms with van der Waals surface area (Å²) in [6, 6.07) is -2.08. The molecular formula is C6H9F4N. The quantitative estimate of drug-likeness (QED) is 0.636. The van der Waals surface area contributed by atoms with E-state index in [4.69, 9.17) is 0 Å². The first-order chi connectivity index (χ1) is 5.04. The largest absolute Gasteiger partial charge is 0.406 e. The molecular weight excluding hydrogens is 162 g/mol. The summed E-state index contributed by atoms with van der Waals surface area (Å²) in [6.45, 7) is -1.38. The van der Waals surface area contributed by atoms with E-state index in [0.29, 0.717) is 0 Å². The second-order valence-electron chi connectivity index (χ2n) is 2.69. The molecule has 1 aliphatic carbocycles. The summed E-state index contributed by atoms with van der Waals surface area (Å²) in [5.74, 6) is 0. The number of halogens is 4. The van der Waals surface area contributed by atoms with E-state index < -0.39 is 18.9 Å². The molecule has 1 saturated carbocycles. The van der Waals surface area contributed by atoms with Crippen LogP contribution in [0.15, 0.2) is 0 Å². The van der Waals surface area contributed by atoms with Crippen molar-refractivity contribution in [1.82, 2.24) is 5.32 Å². The Balaban J connectivity index is 2.34. The van der Waals surface area contributed by atoms with Crippen LogP contribution in [0.25, 0.3) is 0 Å². The van der Waals surface area contributed by atoms with Gasteiger partial charge in [0, 0.05) is 6.04 Å². The molecule has 1 aliphatic rings. The zero-order valence-corrected chi connectivity index (χ0v) is 5.79. The van der Waals surface area contributed by atoms with Gasteiger partial charge < -0.3 is 5.32 Å². The molecule has 0 amide bonds. The lowest BCUT2D eigenvalue weighted by Gasteiger charge is -2.17. The average Bonchev–Trinajstić information content (AvgIpc) is 2.62. The summed E-state index contributed by atoms with van der Waals surface area (Å²) < 4.78 is 47.2. The molecule has 1 unspecified atom stereocenters. The normalized spacial score (nSPS) is 21.8. The van der Waals surface area contributed by atoms with Crippen LogP contribution in [-0.2, 0) is 0 Å². The van der Waals surface area contributed by atoms with Crippen LogP contribution < -0.4 is 5.32 Å². The number of nitrogens with one attached hydrogen (secondary N) is 1. The molecule has 1 nitrogen and oxygen atoms in total. The van der Waals surface area contributed by atoms with Crippen molar-refractivity contribution in [2.75, 3.05) is 6.67 Å². The van der Waals surface area contributed by atoms with Crippen molar-refractivity contribution in [3.05, 3.63) is 0 Å². The second-order valence-corrected chi connectivity index (χ2v) is 2.69. The highest BCUT2D eigenvalue weighted by atomic mass is 19.4. The predicted molar refractivity (Wildman–Crippen MR) is 32.0 cm³/mol. The number of hydrogen-bond acceptors (Lipinski definition) is 1. The minimum atomic E-state index is -4.45. The van der Waals surface area contributed by atoms with E-state index >= 15 is 0 Å². The predicted octanol–water partition coefficient (Wildman–Crippen LogP) is 1.64. The average molecular weight is 171 g/mol. The topological polar surface area (TPSA) is 12.0 Å². The van der Waals surface area contributed by atoms with Gasteiger partial charge in [-0.15, -0.1) is 0 Å². The Morgan fingerprint density at radius 1 is 1.36 bits per heavy atom. The zero-order chi connectivity index (χ0) is 8.48. The molecule has 0 bridgehead atoms. The van der Waals surface area contributed by atoms with E-state index in [2.05, 4.69) is 5.32 Å². The van der Waals surface area contributed by atoms with E-state index in [1.807, 2.05) is 0 Å². The molecule has 0 heterocycles. The first-order valence-electron chi connectivity index (χ1n) is 3.42. The highest BCUT2D eigenvalue weighted by Gasteiger charge is 2.42. The summed E-state index contributed by atoms with van der Waals surface area (Å²) in [7, 11) is 0. The standard InChI is InChI=1S/C6H9F4N/c7-3-5(6(8,9)10)11-4-1-2-4/h4-5,11H,1-3H2. The summed E-state index contributed by atoms with van der Waals surface area (Å²) in [5.41, 5.74) is 0. The number of rotatable bonds is 3. The van der Waals surface area contributed by atoms with Gasteiger partial charge in [0.25, 0.3) is 0 Å². The van der Waals surface area contributed by atoms with Gasteiger partial charge in [-0.25, -0.2) is 4.39 Å². The molecule has 1 rings (SSSR count). The smallest absolute Gasteiger partial charge is 0.301 e. The fourth-order valence-corrected chi connectivity index (χ4v) is 0.761. The lowest BCUT2D eigenvalue weighted by atomic mass is 10.3. The van der Waals surface area contributed by atoms with Gasteiger partial charge in [-0.05, 0) is 12.8 Å². The van der Waals surface area contributed by atoms with Gasteiger partial charge in [0.15, 0.2) is 0 Å². The van der Waals surface area contributed by atoms with Gasteiger partial charge in [0.2, 0.25) is 0 Å². The maximum atomic E-state index is 11.8. The monoisotopic (exact) mass is 171 g/mol. The first kappa shape index (κ1) is 8.77. The van der Waals surface area contributed by atoms with Crippen LogP contribution >= 0.6 is 0 Å². The molecule has 0 radical (unpaired) electrons. The summed E-state index contributed by atoms with van der Waals surface area (Å²) in [6.07, 6.45) is -2.99. The van der Waals surface area contributed by atoms with Crippen molar-refractivity contribution in [3.8, 4) is 0 Å². The van der Waals surface area contributed by atoms with Gasteiger partial charge in [-0.1, -0.05) is 0 Å². The zero-order valence-electron chi connectivity index (χ0n) is 5.79. The van der Waals surface area contributed by atoms with Gasteiger partial charge in [-0.3, -0.25) is 0 Å². The van der Waals surface area contributed by atoms with Crippen molar-refractivity contribution in [3.63, 3.8) is 0 Å². The Labute approximate surface area is 61.8 Å². The number of hydrogen-bond donors (Lipinski definition) is 1. The first-order valence-corrected chi connectivity index (χ1v) is 3.42. The van der Waals surface area contributed by atoms with Crippen LogP contribution in [-0.4, -0.2) is 24.9 Å². The van der Waals surface area contributed by atoms with Crippen LogP contribution in [0.4, 0.5) is 17.6 Å². The van der Waals surface area contributed by atoms with E-state index in [1.54, 1.807) is 0 Å². The molecule has 66 valence electrons. The second kappa shape index (κ2) is 2.97. The molecule has 11 heavy (non-hydrogen) atoms. The van der Waals surface area contributed by atoms with Crippen LogP contribution in [0.5, 0.6) is 0 Å². The fourth-order valence-electron chi connectivity index (χ4n) is 0.761. The minimum absolute atomic E-state index is 0.114. The molecule has 0 saturated heterocycles. The van der Waals surface area contributed by atoms with Crippen LogP contribution in [0, 0.1) is 0 Å². The Hall–Kier alpha value is -0.320. The SMILES string of the molecule is FCC(NC1CC1)C(F)(F)F. The van der Waals surface area contributed by atoms with Gasteiger partial charge in [0.1, 0.15) is 12.7 Å². The van der Waals surface area contributed by atoms with Crippen molar-refractivity contribution >= 4 is 0 Å². The third kappa shape index (κ3) is 2.65. The van der Waals surface area contributed by atoms with Gasteiger partial charge >= 0.3 is 6.18 Å². The van der Waals surface area contributed by atoms with Crippen LogP contribution in [0.2, 0.25) is 0 Å². The van der Waals surface area contributed by atoms with Crippen molar-refractivity contribution in [2.24, 2.45) is 0 Å². The minimum Gasteiger partial charge on any atom is -0.301 e. The van der Waals surface area contributed by atoms with Crippen LogP contribution in [0.1, 0.15) is 12.8 Å². The molecule has 0 aromatic heterocycles. The fraction of sp³-hybridized carbons (Fsp3) is 1.00. The molecule has 0 aromatic rings. The molecule has 5 heteroatoms. The molecule has 1 fully saturated rings. The van der Waals surface area contributed by atoms with Crippen molar-refractivity contribution in [2.45, 2.75) is 31.1 Å². The summed E-state index contributed by atoms with van der Waals surface area (Å²) in [5, 5.41) is 2.18. The van der Waals surface area contributed by atoms with Gasteiger partial charge in [0.05, 0.1) is 0 Å². The summed E-state index contributed by atoms with van der Waals surface area (Å²) >= 11 is 0. The third-order valence-electron chi connectivity index (χ3n) is 1.56. The van der Waals surface area contributed by atoms with Crippen molar-refractivity contribution in [1.29, 1.82) is 0 Å². The number of alkyl halides is 4. The third-order valence-corrected chi connectivity index (χ3v) is 1.56. The van der Waals surface area contributed by atoms with E-state index in [0.717, 1.165) is 12.8 Å². The lowest BCUT2D eigenvalue weighted by molar-refractivity contribution is -0.159. The Morgan fingerprint density at radius 2 is 1.91 bits per heavy atom. The maximum absolute atomic E-state index is 11.8. The highest BCUT2D eigenvalue weighted by Crippen LogP contribution is 2.26.